The van der Waals surface area contributed by atoms with Gasteiger partial charge in [-0.05, 0) is 70.0 Å². The zero-order valence-electron chi connectivity index (χ0n) is 28.2. The van der Waals surface area contributed by atoms with Gasteiger partial charge in [-0.15, -0.1) is 0 Å². The van der Waals surface area contributed by atoms with E-state index in [9.17, 15) is 22.9 Å². The number of hydrogen-bond donors (Lipinski definition) is 2. The number of carboxylic acid groups (broad SMARTS) is 1. The van der Waals surface area contributed by atoms with Crippen LogP contribution in [0.15, 0.2) is 106 Å². The summed E-state index contributed by atoms with van der Waals surface area (Å²) in [7, 11) is -4.58. The Labute approximate surface area is 286 Å². The van der Waals surface area contributed by atoms with Crippen molar-refractivity contribution in [3.63, 3.8) is 0 Å². The molecule has 250 valence electrons. The zero-order valence-corrected chi connectivity index (χ0v) is 29.0. The lowest BCUT2D eigenvalue weighted by atomic mass is 9.93. The quantitative estimate of drug-likeness (QED) is 0.0899. The number of carbonyl (C=O) groups is 1. The molecule has 0 fully saturated rings. The molecule has 1 heterocycles. The number of aliphatic carboxylic acids is 1. The van der Waals surface area contributed by atoms with Crippen molar-refractivity contribution >= 4 is 44.1 Å². The fraction of sp³-hybridized carbons (Fsp3) is 0.200. The van der Waals surface area contributed by atoms with Crippen molar-refractivity contribution in [2.45, 2.75) is 45.9 Å². The Bertz CT molecular complexity index is 2350. The van der Waals surface area contributed by atoms with Crippen molar-refractivity contribution in [3.05, 3.63) is 125 Å². The second-order valence-electron chi connectivity index (χ2n) is 12.3. The number of benzene rings is 5. The highest BCUT2D eigenvalue weighted by molar-refractivity contribution is 7.86. The Kier molecular flexibility index (Phi) is 9.16. The predicted molar refractivity (Wildman–Crippen MR) is 195 cm³/mol. The van der Waals surface area contributed by atoms with Crippen molar-refractivity contribution in [1.29, 1.82) is 0 Å². The highest BCUT2D eigenvalue weighted by atomic mass is 32.2. The molecule has 0 amide bonds. The number of para-hydroxylation sites is 2. The van der Waals surface area contributed by atoms with Gasteiger partial charge in [0.25, 0.3) is 10.1 Å². The monoisotopic (exact) mass is 675 g/mol. The predicted octanol–water partition coefficient (Wildman–Crippen LogP) is 8.42. The average molecular weight is 676 g/mol. The molecule has 8 nitrogen and oxygen atoms in total. The first-order valence-corrected chi connectivity index (χ1v) is 17.6. The maximum absolute atomic E-state index is 12.7. The lowest BCUT2D eigenvalue weighted by Gasteiger charge is -2.27. The third-order valence-corrected chi connectivity index (χ3v) is 9.94. The number of carboxylic acids is 1. The molecule has 1 aliphatic carbocycles. The Hall–Kier alpha value is -5.25. The minimum absolute atomic E-state index is 0.0812. The Morgan fingerprint density at radius 3 is 2.08 bits per heavy atom. The molecule has 0 saturated carbocycles. The third-order valence-electron chi connectivity index (χ3n) is 9.03. The van der Waals surface area contributed by atoms with E-state index in [0.717, 1.165) is 44.7 Å². The van der Waals surface area contributed by atoms with E-state index in [0.29, 0.717) is 40.0 Å². The molecular weight excluding hydrogens is 637 g/mol. The maximum Gasteiger partial charge on any atom is 0.309 e. The molecule has 9 heteroatoms. The molecule has 0 bridgehead atoms. The topological polar surface area (TPSA) is 111 Å². The van der Waals surface area contributed by atoms with Gasteiger partial charge < -0.3 is 14.4 Å². The number of rotatable bonds is 9. The van der Waals surface area contributed by atoms with Crippen LogP contribution in [-0.4, -0.2) is 37.1 Å². The van der Waals surface area contributed by atoms with Gasteiger partial charge in [0.05, 0.1) is 6.07 Å². The highest BCUT2D eigenvalue weighted by Crippen LogP contribution is 2.44. The van der Waals surface area contributed by atoms with Crippen LogP contribution >= 0.6 is 0 Å². The Morgan fingerprint density at radius 2 is 1.45 bits per heavy atom. The summed E-state index contributed by atoms with van der Waals surface area (Å²) in [5, 5.41) is 11.0. The molecule has 0 atom stereocenters. The number of fused-ring (bicyclic) bond motifs is 2. The van der Waals surface area contributed by atoms with Crippen LogP contribution in [0.5, 0.6) is 0 Å². The number of nitrogens with zero attached hydrogens (tertiary/aromatic N) is 2. The molecule has 6 rings (SSSR count). The van der Waals surface area contributed by atoms with Gasteiger partial charge in [-0.25, -0.2) is 0 Å². The Balaban J connectivity index is 1.71. The van der Waals surface area contributed by atoms with Gasteiger partial charge >= 0.3 is 5.97 Å². The zero-order chi connectivity index (χ0) is 35.0. The standard InChI is InChI=1S/C40H38N2O6S/c1-6-41(39-25(2)11-9-12-26(39)3)29-17-19-31-34(23-29)48-35-24-30(42(22-21-37(43)44)40-27(4)13-10-14-28(40)5)18-20-32(35)38(31)33-15-7-8-16-36(33)49(45,46)47/h7-20,23-24H,6,21-22H2,1-5H3,(H-,43,44,45,46,47)/p+1. The average Bonchev–Trinajstić information content (AvgIpc) is 3.05. The van der Waals surface area contributed by atoms with Crippen LogP contribution in [0, 0.1) is 27.7 Å². The largest absolute Gasteiger partial charge is 0.481 e. The van der Waals surface area contributed by atoms with E-state index in [1.807, 2.05) is 79.1 Å². The summed E-state index contributed by atoms with van der Waals surface area (Å²) in [6.45, 7) is 11.2. The van der Waals surface area contributed by atoms with Gasteiger partial charge in [-0.1, -0.05) is 54.6 Å². The van der Waals surface area contributed by atoms with Gasteiger partial charge in [-0.2, -0.15) is 13.0 Å². The summed E-state index contributed by atoms with van der Waals surface area (Å²) in [4.78, 5) is 13.8. The molecule has 4 aromatic rings. The van der Waals surface area contributed by atoms with Crippen LogP contribution in [0.3, 0.4) is 0 Å². The fourth-order valence-corrected chi connectivity index (χ4v) is 7.60. The summed E-state index contributed by atoms with van der Waals surface area (Å²) >= 11 is 0. The van der Waals surface area contributed by atoms with Gasteiger partial charge in [0.1, 0.15) is 22.7 Å². The summed E-state index contributed by atoms with van der Waals surface area (Å²) in [5.41, 5.74) is 9.30. The van der Waals surface area contributed by atoms with Crippen molar-refractivity contribution < 1.29 is 27.3 Å². The molecule has 0 saturated heterocycles. The lowest BCUT2D eigenvalue weighted by molar-refractivity contribution is -0.136. The van der Waals surface area contributed by atoms with Crippen LogP contribution in [0.1, 0.15) is 35.6 Å². The second kappa shape index (κ2) is 13.3. The van der Waals surface area contributed by atoms with Gasteiger partial charge in [-0.3, -0.25) is 9.35 Å². The molecule has 0 aromatic heterocycles. The summed E-state index contributed by atoms with van der Waals surface area (Å²) < 4.78 is 44.3. The third kappa shape index (κ3) is 6.47. The van der Waals surface area contributed by atoms with E-state index in [1.54, 1.807) is 18.2 Å². The van der Waals surface area contributed by atoms with E-state index in [1.165, 1.54) is 6.07 Å². The van der Waals surface area contributed by atoms with E-state index in [2.05, 4.69) is 37.8 Å². The molecule has 0 radical (unpaired) electrons. The Morgan fingerprint density at radius 1 is 0.796 bits per heavy atom. The molecule has 4 aromatic carbocycles. The van der Waals surface area contributed by atoms with E-state index in [4.69, 9.17) is 4.42 Å². The van der Waals surface area contributed by atoms with Crippen LogP contribution in [-0.2, 0) is 14.9 Å². The van der Waals surface area contributed by atoms with Gasteiger partial charge in [0.15, 0.2) is 6.54 Å². The van der Waals surface area contributed by atoms with Gasteiger partial charge in [0, 0.05) is 63.3 Å². The summed E-state index contributed by atoms with van der Waals surface area (Å²) in [6, 6.07) is 30.1. The second-order valence-corrected chi connectivity index (χ2v) is 13.7. The van der Waals surface area contributed by atoms with Crippen LogP contribution in [0.4, 0.5) is 17.1 Å². The minimum Gasteiger partial charge on any atom is -0.481 e. The van der Waals surface area contributed by atoms with E-state index < -0.39 is 16.1 Å². The molecule has 2 aliphatic rings. The van der Waals surface area contributed by atoms with Crippen molar-refractivity contribution in [1.82, 2.24) is 4.58 Å². The van der Waals surface area contributed by atoms with Gasteiger partial charge in [0.2, 0.25) is 11.0 Å². The van der Waals surface area contributed by atoms with Crippen LogP contribution in [0.2, 0.25) is 0 Å². The molecule has 49 heavy (non-hydrogen) atoms. The van der Waals surface area contributed by atoms with Crippen molar-refractivity contribution in [2.75, 3.05) is 18.0 Å². The SMILES string of the molecule is CCN(c1ccc2c(-c3ccccc3S(=O)(=O)O)c3ccc(=[N+](CCC(=O)O)c4c(C)cccc4C)cc-3oc2c1)c1c(C)cccc1C. The maximum atomic E-state index is 12.7. The first kappa shape index (κ1) is 33.6. The molecule has 0 spiro atoms. The highest BCUT2D eigenvalue weighted by Gasteiger charge is 2.26. The van der Waals surface area contributed by atoms with E-state index in [-0.39, 0.29) is 17.9 Å². The lowest BCUT2D eigenvalue weighted by Crippen LogP contribution is -2.29. The number of aryl methyl sites for hydroxylation is 4. The molecule has 0 unspecified atom stereocenters. The van der Waals surface area contributed by atoms with Crippen LogP contribution in [0.25, 0.3) is 33.4 Å². The van der Waals surface area contributed by atoms with Crippen molar-refractivity contribution in [2.24, 2.45) is 0 Å². The molecule has 1 aliphatic heterocycles. The minimum atomic E-state index is -4.58. The molecule has 2 N–H and O–H groups in total. The smallest absolute Gasteiger partial charge is 0.309 e. The first-order valence-electron chi connectivity index (χ1n) is 16.2. The molecular formula is C40H39N2O6S+. The summed E-state index contributed by atoms with van der Waals surface area (Å²) in [5.74, 6) is -0.433. The summed E-state index contributed by atoms with van der Waals surface area (Å²) in [6.07, 6.45) is -0.0812. The first-order chi connectivity index (χ1) is 23.4. The number of anilines is 2. The normalized spacial score (nSPS) is 12.4. The van der Waals surface area contributed by atoms with Crippen LogP contribution < -0.4 is 14.8 Å². The van der Waals surface area contributed by atoms with Crippen molar-refractivity contribution in [3.8, 4) is 22.5 Å². The van der Waals surface area contributed by atoms with E-state index >= 15 is 0 Å². The number of hydrogen-bond acceptors (Lipinski definition) is 5. The fourth-order valence-electron chi connectivity index (χ4n) is 6.90.